The van der Waals surface area contributed by atoms with Crippen LogP contribution in [-0.2, 0) is 11.3 Å². The summed E-state index contributed by atoms with van der Waals surface area (Å²) in [7, 11) is 0. The third kappa shape index (κ3) is 4.48. The van der Waals surface area contributed by atoms with Crippen molar-refractivity contribution in [3.63, 3.8) is 0 Å². The minimum absolute atomic E-state index is 0.000820. The summed E-state index contributed by atoms with van der Waals surface area (Å²) in [5.74, 6) is 1.25. The molecule has 1 heterocycles. The molecule has 0 aliphatic heterocycles. The molecule has 0 unspecified atom stereocenters. The predicted octanol–water partition coefficient (Wildman–Crippen LogP) is 3.28. The number of hydrogen-bond donors (Lipinski definition) is 1. The Morgan fingerprint density at radius 1 is 1.44 bits per heavy atom. The highest BCUT2D eigenvalue weighted by atomic mass is 32.2. The van der Waals surface area contributed by atoms with Crippen molar-refractivity contribution in [2.24, 2.45) is 5.92 Å². The van der Waals surface area contributed by atoms with Crippen molar-refractivity contribution in [3.05, 3.63) is 42.7 Å². The summed E-state index contributed by atoms with van der Waals surface area (Å²) in [5.41, 5.74) is 0.773. The second-order valence-corrected chi connectivity index (χ2v) is 7.14. The van der Waals surface area contributed by atoms with Crippen molar-refractivity contribution >= 4 is 17.7 Å². The van der Waals surface area contributed by atoms with Crippen LogP contribution in [0.3, 0.4) is 0 Å². The molecular formula is C18H21FN4OS. The van der Waals surface area contributed by atoms with Crippen LogP contribution in [0.5, 0.6) is 0 Å². The number of carbonyl (C=O) groups excluding carboxylic acids is 1. The molecule has 7 heteroatoms. The number of hydrogen-bond acceptors (Lipinski definition) is 4. The average molecular weight is 360 g/mol. The minimum atomic E-state index is -0.297. The largest absolute Gasteiger partial charge is 0.353 e. The number of nitrogens with one attached hydrogen (secondary N) is 1. The standard InChI is InChI=1S/C18H21FN4OS/c1-3-10-23-17(14-6-8-15(19)9-7-14)21-22-18(23)25-11-16(24)20-12(2)13-4-5-13/h3,6-9,12-13H,1,4-5,10-11H2,2H3,(H,20,24)/t12-/m1/s1. The van der Waals surface area contributed by atoms with E-state index in [0.717, 1.165) is 5.56 Å². The van der Waals surface area contributed by atoms with Crippen molar-refractivity contribution < 1.29 is 9.18 Å². The van der Waals surface area contributed by atoms with E-state index in [1.165, 1.54) is 36.7 Å². The van der Waals surface area contributed by atoms with Gasteiger partial charge in [0.15, 0.2) is 11.0 Å². The van der Waals surface area contributed by atoms with E-state index in [0.29, 0.717) is 23.4 Å². The second-order valence-electron chi connectivity index (χ2n) is 6.19. The molecule has 1 fully saturated rings. The van der Waals surface area contributed by atoms with Crippen LogP contribution in [0, 0.1) is 11.7 Å². The third-order valence-corrected chi connectivity index (χ3v) is 5.15. The van der Waals surface area contributed by atoms with Gasteiger partial charge in [-0.1, -0.05) is 17.8 Å². The first-order valence-electron chi connectivity index (χ1n) is 8.30. The number of carbonyl (C=O) groups is 1. The summed E-state index contributed by atoms with van der Waals surface area (Å²) in [6.07, 6.45) is 4.14. The van der Waals surface area contributed by atoms with Crippen LogP contribution in [0.2, 0.25) is 0 Å². The van der Waals surface area contributed by atoms with Crippen LogP contribution in [0.15, 0.2) is 42.1 Å². The maximum Gasteiger partial charge on any atom is 0.230 e. The van der Waals surface area contributed by atoms with Gasteiger partial charge >= 0.3 is 0 Å². The van der Waals surface area contributed by atoms with Crippen LogP contribution < -0.4 is 5.32 Å². The number of amides is 1. The Morgan fingerprint density at radius 2 is 2.16 bits per heavy atom. The lowest BCUT2D eigenvalue weighted by atomic mass is 10.2. The lowest BCUT2D eigenvalue weighted by Crippen LogP contribution is -2.35. The molecule has 1 aliphatic rings. The Kier molecular flexibility index (Phi) is 5.53. The molecule has 1 aromatic heterocycles. The summed E-state index contributed by atoms with van der Waals surface area (Å²) < 4.78 is 15.0. The smallest absolute Gasteiger partial charge is 0.230 e. The molecule has 1 aliphatic carbocycles. The maximum atomic E-state index is 13.1. The van der Waals surface area contributed by atoms with Gasteiger partial charge in [-0.2, -0.15) is 0 Å². The summed E-state index contributed by atoms with van der Waals surface area (Å²) in [4.78, 5) is 12.1. The number of thioether (sulfide) groups is 1. The van der Waals surface area contributed by atoms with E-state index in [2.05, 4.69) is 22.1 Å². The fourth-order valence-electron chi connectivity index (χ4n) is 2.64. The number of allylic oxidation sites excluding steroid dienone is 1. The van der Waals surface area contributed by atoms with Gasteiger partial charge in [0.05, 0.1) is 5.75 Å². The summed E-state index contributed by atoms with van der Waals surface area (Å²) in [6, 6.07) is 6.34. The first kappa shape index (κ1) is 17.7. The number of nitrogens with zero attached hydrogens (tertiary/aromatic N) is 3. The predicted molar refractivity (Wildman–Crippen MR) is 96.7 cm³/mol. The zero-order chi connectivity index (χ0) is 17.8. The maximum absolute atomic E-state index is 13.1. The average Bonchev–Trinajstić information content (AvgIpc) is 3.37. The number of halogens is 1. The van der Waals surface area contributed by atoms with E-state index in [1.54, 1.807) is 18.2 Å². The van der Waals surface area contributed by atoms with Gasteiger partial charge in [-0.15, -0.1) is 16.8 Å². The van der Waals surface area contributed by atoms with Crippen LogP contribution in [0.25, 0.3) is 11.4 Å². The number of benzene rings is 1. The molecule has 2 aromatic rings. The summed E-state index contributed by atoms with van der Waals surface area (Å²) in [6.45, 7) is 6.33. The van der Waals surface area contributed by atoms with Crippen molar-refractivity contribution in [1.29, 1.82) is 0 Å². The van der Waals surface area contributed by atoms with Crippen LogP contribution in [0.1, 0.15) is 19.8 Å². The topological polar surface area (TPSA) is 59.8 Å². The highest BCUT2D eigenvalue weighted by Crippen LogP contribution is 2.32. The normalized spacial score (nSPS) is 15.0. The van der Waals surface area contributed by atoms with Gasteiger partial charge in [0.25, 0.3) is 0 Å². The quantitative estimate of drug-likeness (QED) is 0.580. The number of rotatable bonds is 8. The Balaban J connectivity index is 1.69. The molecule has 0 radical (unpaired) electrons. The second kappa shape index (κ2) is 7.82. The first-order chi connectivity index (χ1) is 12.1. The molecule has 0 spiro atoms. The van der Waals surface area contributed by atoms with Gasteiger partial charge in [0, 0.05) is 18.2 Å². The summed E-state index contributed by atoms with van der Waals surface area (Å²) in [5, 5.41) is 12.1. The van der Waals surface area contributed by atoms with E-state index in [1.807, 2.05) is 11.5 Å². The molecule has 1 atom stereocenters. The first-order valence-corrected chi connectivity index (χ1v) is 9.29. The number of aromatic nitrogens is 3. The van der Waals surface area contributed by atoms with E-state index >= 15 is 0 Å². The van der Waals surface area contributed by atoms with Gasteiger partial charge in [0.1, 0.15) is 5.82 Å². The Labute approximate surface area is 150 Å². The molecule has 25 heavy (non-hydrogen) atoms. The molecule has 1 N–H and O–H groups in total. The summed E-state index contributed by atoms with van der Waals surface area (Å²) >= 11 is 1.34. The van der Waals surface area contributed by atoms with Gasteiger partial charge in [-0.25, -0.2) is 4.39 Å². The van der Waals surface area contributed by atoms with Gasteiger partial charge in [0.2, 0.25) is 5.91 Å². The molecule has 0 saturated heterocycles. The zero-order valence-electron chi connectivity index (χ0n) is 14.1. The SMILES string of the molecule is C=CCn1c(SCC(=O)N[C@H](C)C2CC2)nnc1-c1ccc(F)cc1. The van der Waals surface area contributed by atoms with E-state index in [4.69, 9.17) is 0 Å². The molecular weight excluding hydrogens is 339 g/mol. The van der Waals surface area contributed by atoms with Crippen LogP contribution in [-0.4, -0.2) is 32.5 Å². The molecule has 0 bridgehead atoms. The van der Waals surface area contributed by atoms with Crippen molar-refractivity contribution in [3.8, 4) is 11.4 Å². The fraction of sp³-hybridized carbons (Fsp3) is 0.389. The molecule has 1 saturated carbocycles. The van der Waals surface area contributed by atoms with Gasteiger partial charge in [-0.3, -0.25) is 9.36 Å². The van der Waals surface area contributed by atoms with E-state index < -0.39 is 0 Å². The van der Waals surface area contributed by atoms with Crippen molar-refractivity contribution in [1.82, 2.24) is 20.1 Å². The van der Waals surface area contributed by atoms with Crippen molar-refractivity contribution in [2.75, 3.05) is 5.75 Å². The lowest BCUT2D eigenvalue weighted by Gasteiger charge is -2.12. The monoisotopic (exact) mass is 360 g/mol. The Morgan fingerprint density at radius 3 is 2.80 bits per heavy atom. The lowest BCUT2D eigenvalue weighted by molar-refractivity contribution is -0.119. The molecule has 132 valence electrons. The van der Waals surface area contributed by atoms with Gasteiger partial charge < -0.3 is 5.32 Å². The Hall–Kier alpha value is -2.15. The van der Waals surface area contributed by atoms with E-state index in [-0.39, 0.29) is 23.5 Å². The fourth-order valence-corrected chi connectivity index (χ4v) is 3.40. The molecule has 1 amide bonds. The third-order valence-electron chi connectivity index (χ3n) is 4.18. The van der Waals surface area contributed by atoms with Crippen molar-refractivity contribution in [2.45, 2.75) is 37.5 Å². The highest BCUT2D eigenvalue weighted by molar-refractivity contribution is 7.99. The minimum Gasteiger partial charge on any atom is -0.353 e. The molecule has 1 aromatic carbocycles. The van der Waals surface area contributed by atoms with E-state index in [9.17, 15) is 9.18 Å². The Bertz CT molecular complexity index is 755. The van der Waals surface area contributed by atoms with Crippen LogP contribution in [0.4, 0.5) is 4.39 Å². The van der Waals surface area contributed by atoms with Crippen LogP contribution >= 0.6 is 11.8 Å². The van der Waals surface area contributed by atoms with Gasteiger partial charge in [-0.05, 0) is 49.9 Å². The molecule has 5 nitrogen and oxygen atoms in total. The molecule has 3 rings (SSSR count). The zero-order valence-corrected chi connectivity index (χ0v) is 14.9. The highest BCUT2D eigenvalue weighted by Gasteiger charge is 2.28.